The topological polar surface area (TPSA) is 21.7 Å². The lowest BCUT2D eigenvalue weighted by molar-refractivity contribution is 0.171. The Balaban J connectivity index is 2.04. The van der Waals surface area contributed by atoms with Crippen LogP contribution < -0.4 is 9.47 Å². The first-order valence-corrected chi connectivity index (χ1v) is 7.02. The number of nitrogens with zero attached hydrogens (tertiary/aromatic N) is 1. The van der Waals surface area contributed by atoms with E-state index in [1.54, 1.807) is 0 Å². The minimum absolute atomic E-state index is 0.648. The minimum atomic E-state index is 0.648. The number of likely N-dealkylation sites (N-methyl/N-ethyl adjacent to an activating group) is 1. The summed E-state index contributed by atoms with van der Waals surface area (Å²) in [6, 6.07) is 4.21. The highest BCUT2D eigenvalue weighted by molar-refractivity contribution is 7.80. The van der Waals surface area contributed by atoms with Crippen LogP contribution in [0.2, 0.25) is 0 Å². The predicted octanol–water partition coefficient (Wildman–Crippen LogP) is 2.17. The van der Waals surface area contributed by atoms with Gasteiger partial charge in [0, 0.05) is 18.8 Å². The molecule has 100 valence electrons. The fourth-order valence-electron chi connectivity index (χ4n) is 2.10. The van der Waals surface area contributed by atoms with Crippen LogP contribution in [-0.2, 0) is 6.42 Å². The maximum atomic E-state index is 5.62. The normalized spacial score (nSPS) is 14.0. The van der Waals surface area contributed by atoms with E-state index in [1.807, 2.05) is 0 Å². The molecule has 0 bridgehead atoms. The highest BCUT2D eigenvalue weighted by Gasteiger charge is 2.14. The van der Waals surface area contributed by atoms with Crippen molar-refractivity contribution in [1.82, 2.24) is 4.90 Å². The molecule has 1 aliphatic rings. The predicted molar refractivity (Wildman–Crippen MR) is 77.2 cm³/mol. The molecule has 2 rings (SSSR count). The highest BCUT2D eigenvalue weighted by atomic mass is 32.1. The van der Waals surface area contributed by atoms with Gasteiger partial charge < -0.3 is 14.4 Å². The van der Waals surface area contributed by atoms with Crippen LogP contribution in [0.25, 0.3) is 0 Å². The van der Waals surface area contributed by atoms with Crippen molar-refractivity contribution in [2.45, 2.75) is 13.3 Å². The van der Waals surface area contributed by atoms with E-state index >= 15 is 0 Å². The van der Waals surface area contributed by atoms with Crippen LogP contribution in [0.15, 0.2) is 12.1 Å². The van der Waals surface area contributed by atoms with Gasteiger partial charge in [-0.3, -0.25) is 0 Å². The van der Waals surface area contributed by atoms with Crippen LogP contribution in [0, 0.1) is 6.92 Å². The summed E-state index contributed by atoms with van der Waals surface area (Å²) < 4.78 is 11.2. The lowest BCUT2D eigenvalue weighted by Gasteiger charge is -2.21. The Labute approximate surface area is 114 Å². The maximum Gasteiger partial charge on any atom is 0.161 e. The van der Waals surface area contributed by atoms with Gasteiger partial charge >= 0.3 is 0 Å². The Morgan fingerprint density at radius 3 is 2.50 bits per heavy atom. The van der Waals surface area contributed by atoms with Crippen molar-refractivity contribution in [1.29, 1.82) is 0 Å². The molecule has 1 aromatic carbocycles. The number of benzene rings is 1. The Morgan fingerprint density at radius 2 is 1.83 bits per heavy atom. The van der Waals surface area contributed by atoms with E-state index in [4.69, 9.17) is 9.47 Å². The van der Waals surface area contributed by atoms with E-state index in [9.17, 15) is 0 Å². The number of ether oxygens (including phenoxy) is 2. The van der Waals surface area contributed by atoms with Crippen LogP contribution in [0.4, 0.5) is 0 Å². The summed E-state index contributed by atoms with van der Waals surface area (Å²) in [4.78, 5) is 2.29. The van der Waals surface area contributed by atoms with Crippen LogP contribution in [0.1, 0.15) is 11.1 Å². The number of thiol groups is 1. The number of fused-ring (bicyclic) bond motifs is 1. The average molecular weight is 267 g/mol. The van der Waals surface area contributed by atoms with Crippen molar-refractivity contribution >= 4 is 12.6 Å². The summed E-state index contributed by atoms with van der Waals surface area (Å²) in [6.07, 6.45) is 1.03. The fraction of sp³-hybridized carbons (Fsp3) is 0.571. The van der Waals surface area contributed by atoms with Gasteiger partial charge in [-0.15, -0.1) is 0 Å². The van der Waals surface area contributed by atoms with Gasteiger partial charge in [0.1, 0.15) is 13.2 Å². The first-order valence-electron chi connectivity index (χ1n) is 6.39. The third-order valence-electron chi connectivity index (χ3n) is 3.25. The van der Waals surface area contributed by atoms with Gasteiger partial charge in [-0.2, -0.15) is 12.6 Å². The zero-order chi connectivity index (χ0) is 13.0. The van der Waals surface area contributed by atoms with Crippen LogP contribution in [0.3, 0.4) is 0 Å². The average Bonchev–Trinajstić information content (AvgIpc) is 2.36. The second kappa shape index (κ2) is 6.34. The Kier molecular flexibility index (Phi) is 4.78. The molecule has 18 heavy (non-hydrogen) atoms. The van der Waals surface area contributed by atoms with E-state index in [0.717, 1.165) is 36.8 Å². The third-order valence-corrected chi connectivity index (χ3v) is 3.45. The minimum Gasteiger partial charge on any atom is -0.486 e. The van der Waals surface area contributed by atoms with Crippen molar-refractivity contribution in [3.63, 3.8) is 0 Å². The maximum absolute atomic E-state index is 5.62. The molecule has 0 radical (unpaired) electrons. The number of hydrogen-bond donors (Lipinski definition) is 1. The molecule has 3 nitrogen and oxygen atoms in total. The molecule has 0 fully saturated rings. The van der Waals surface area contributed by atoms with Gasteiger partial charge in [0.15, 0.2) is 11.5 Å². The first kappa shape index (κ1) is 13.6. The molecule has 1 heterocycles. The smallest absolute Gasteiger partial charge is 0.161 e. The van der Waals surface area contributed by atoms with Crippen molar-refractivity contribution in [3.8, 4) is 11.5 Å². The molecule has 0 spiro atoms. The van der Waals surface area contributed by atoms with Crippen molar-refractivity contribution in [2.75, 3.05) is 39.1 Å². The lowest BCUT2D eigenvalue weighted by Crippen LogP contribution is -2.23. The Hall–Kier alpha value is -0.870. The quantitative estimate of drug-likeness (QED) is 0.826. The number of rotatable bonds is 5. The van der Waals surface area contributed by atoms with E-state index in [1.165, 1.54) is 11.1 Å². The SMILES string of the molecule is Cc1cc2c(cc1CCN(C)CCS)OCCO2. The zero-order valence-electron chi connectivity index (χ0n) is 11.1. The van der Waals surface area contributed by atoms with Crippen molar-refractivity contribution in [3.05, 3.63) is 23.3 Å². The summed E-state index contributed by atoms with van der Waals surface area (Å²) in [5, 5.41) is 0. The summed E-state index contributed by atoms with van der Waals surface area (Å²) in [5.74, 6) is 2.67. The second-order valence-corrected chi connectivity index (χ2v) is 5.15. The molecule has 0 atom stereocenters. The zero-order valence-corrected chi connectivity index (χ0v) is 12.0. The van der Waals surface area contributed by atoms with Crippen molar-refractivity contribution in [2.24, 2.45) is 0 Å². The molecule has 0 N–H and O–H groups in total. The van der Waals surface area contributed by atoms with Gasteiger partial charge in [0.05, 0.1) is 0 Å². The van der Waals surface area contributed by atoms with E-state index < -0.39 is 0 Å². The monoisotopic (exact) mass is 267 g/mol. The fourth-order valence-corrected chi connectivity index (χ4v) is 2.44. The third kappa shape index (κ3) is 3.33. The molecule has 0 amide bonds. The highest BCUT2D eigenvalue weighted by Crippen LogP contribution is 2.33. The molecule has 0 saturated carbocycles. The van der Waals surface area contributed by atoms with Crippen LogP contribution in [-0.4, -0.2) is 44.0 Å². The number of hydrogen-bond acceptors (Lipinski definition) is 4. The van der Waals surface area contributed by atoms with Gasteiger partial charge in [-0.05, 0) is 43.7 Å². The molecular formula is C14H21NO2S. The van der Waals surface area contributed by atoms with Gasteiger partial charge in [0.2, 0.25) is 0 Å². The van der Waals surface area contributed by atoms with E-state index in [2.05, 4.69) is 43.6 Å². The molecular weight excluding hydrogens is 246 g/mol. The molecule has 0 unspecified atom stereocenters. The summed E-state index contributed by atoms with van der Waals surface area (Å²) in [5.41, 5.74) is 2.61. The van der Waals surface area contributed by atoms with Gasteiger partial charge in [-0.1, -0.05) is 0 Å². The van der Waals surface area contributed by atoms with Crippen molar-refractivity contribution < 1.29 is 9.47 Å². The molecule has 0 aromatic heterocycles. The van der Waals surface area contributed by atoms with Crippen LogP contribution in [0.5, 0.6) is 11.5 Å². The molecule has 0 aliphatic carbocycles. The lowest BCUT2D eigenvalue weighted by atomic mass is 10.0. The van der Waals surface area contributed by atoms with Gasteiger partial charge in [-0.25, -0.2) is 0 Å². The van der Waals surface area contributed by atoms with Gasteiger partial charge in [0.25, 0.3) is 0 Å². The standard InChI is InChI=1S/C14H21NO2S/c1-11-9-13-14(17-7-6-16-13)10-12(11)3-4-15(2)5-8-18/h9-10,18H,3-8H2,1-2H3. The summed E-state index contributed by atoms with van der Waals surface area (Å²) in [6.45, 7) is 5.49. The molecule has 0 saturated heterocycles. The molecule has 1 aliphatic heterocycles. The molecule has 1 aromatic rings. The van der Waals surface area contributed by atoms with E-state index in [-0.39, 0.29) is 0 Å². The first-order chi connectivity index (χ1) is 8.70. The Morgan fingerprint density at radius 1 is 1.17 bits per heavy atom. The largest absolute Gasteiger partial charge is 0.486 e. The second-order valence-electron chi connectivity index (χ2n) is 4.70. The summed E-state index contributed by atoms with van der Waals surface area (Å²) >= 11 is 4.25. The van der Waals surface area contributed by atoms with E-state index in [0.29, 0.717) is 13.2 Å². The molecule has 4 heteroatoms. The number of aryl methyl sites for hydroxylation is 1. The summed E-state index contributed by atoms with van der Waals surface area (Å²) in [7, 11) is 2.13. The van der Waals surface area contributed by atoms with Crippen LogP contribution >= 0.6 is 12.6 Å². The Bertz CT molecular complexity index is 409.